The first-order chi connectivity index (χ1) is 7.59. The monoisotopic (exact) mass is 236 g/mol. The van der Waals surface area contributed by atoms with Crippen LogP contribution in [0.3, 0.4) is 0 Å². The second-order valence-electron chi connectivity index (χ2n) is 3.40. The number of halogens is 1. The first kappa shape index (κ1) is 10.7. The van der Waals surface area contributed by atoms with E-state index in [1.165, 1.54) is 17.0 Å². The summed E-state index contributed by atoms with van der Waals surface area (Å²) in [6.07, 6.45) is 2.90. The normalized spacial score (nSPS) is 10.4. The topological polar surface area (TPSA) is 54.9 Å². The van der Waals surface area contributed by atoms with Gasteiger partial charge in [-0.2, -0.15) is 0 Å². The van der Waals surface area contributed by atoms with Gasteiger partial charge in [-0.3, -0.25) is 14.2 Å². The quantitative estimate of drug-likeness (QED) is 0.763. The molecule has 2 aromatic rings. The molecule has 1 heterocycles. The van der Waals surface area contributed by atoms with Gasteiger partial charge in [0.15, 0.2) is 0 Å². The van der Waals surface area contributed by atoms with E-state index in [4.69, 9.17) is 11.6 Å². The Kier molecular flexibility index (Phi) is 2.66. The van der Waals surface area contributed by atoms with E-state index in [-0.39, 0.29) is 0 Å². The van der Waals surface area contributed by atoms with Crippen LogP contribution >= 0.6 is 11.6 Å². The average molecular weight is 237 g/mol. The Morgan fingerprint density at radius 2 is 2.06 bits per heavy atom. The first-order valence-corrected chi connectivity index (χ1v) is 5.04. The summed E-state index contributed by atoms with van der Waals surface area (Å²) in [4.78, 5) is 25.0. The Hall–Kier alpha value is -1.81. The van der Waals surface area contributed by atoms with Crippen molar-refractivity contribution in [3.63, 3.8) is 0 Å². The predicted octanol–water partition coefficient (Wildman–Crippen LogP) is 1.49. The van der Waals surface area contributed by atoms with Crippen molar-refractivity contribution in [3.8, 4) is 5.69 Å². The third-order valence-electron chi connectivity index (χ3n) is 2.28. The molecule has 1 aromatic heterocycles. The van der Waals surface area contributed by atoms with E-state index in [2.05, 4.69) is 4.98 Å². The third-order valence-corrected chi connectivity index (χ3v) is 2.69. The van der Waals surface area contributed by atoms with Crippen LogP contribution in [-0.2, 0) is 0 Å². The molecule has 1 N–H and O–H groups in total. The fourth-order valence-corrected chi connectivity index (χ4v) is 1.54. The number of benzene rings is 1. The Bertz CT molecular complexity index is 643. The van der Waals surface area contributed by atoms with Gasteiger partial charge < -0.3 is 4.98 Å². The highest BCUT2D eigenvalue weighted by Gasteiger charge is 2.03. The molecule has 0 atom stereocenters. The molecule has 2 rings (SSSR count). The summed E-state index contributed by atoms with van der Waals surface area (Å²) in [6, 6.07) is 5.19. The maximum absolute atomic E-state index is 11.5. The van der Waals surface area contributed by atoms with E-state index in [1.54, 1.807) is 18.2 Å². The molecule has 16 heavy (non-hydrogen) atoms. The number of aromatic amines is 1. The molecule has 82 valence electrons. The Morgan fingerprint density at radius 1 is 1.31 bits per heavy atom. The SMILES string of the molecule is Cc1ccc(-n2cc[nH]c(=O)c2=O)cc1Cl. The molecule has 0 spiro atoms. The summed E-state index contributed by atoms with van der Waals surface area (Å²) in [6.45, 7) is 1.87. The molecule has 0 saturated carbocycles. The second kappa shape index (κ2) is 3.98. The van der Waals surface area contributed by atoms with Crippen molar-refractivity contribution in [2.75, 3.05) is 0 Å². The van der Waals surface area contributed by atoms with Crippen LogP contribution in [0.4, 0.5) is 0 Å². The van der Waals surface area contributed by atoms with Crippen molar-refractivity contribution in [3.05, 3.63) is 61.9 Å². The summed E-state index contributed by atoms with van der Waals surface area (Å²) < 4.78 is 1.25. The molecule has 4 nitrogen and oxygen atoms in total. The molecule has 0 unspecified atom stereocenters. The molecule has 0 radical (unpaired) electrons. The van der Waals surface area contributed by atoms with Crippen LogP contribution in [0.2, 0.25) is 5.02 Å². The van der Waals surface area contributed by atoms with Crippen LogP contribution in [0.1, 0.15) is 5.56 Å². The van der Waals surface area contributed by atoms with Gasteiger partial charge in [-0.25, -0.2) is 0 Å². The Balaban J connectivity index is 2.68. The molecular formula is C11H9ClN2O2. The lowest BCUT2D eigenvalue weighted by Crippen LogP contribution is -2.34. The number of hydrogen-bond donors (Lipinski definition) is 1. The van der Waals surface area contributed by atoms with Gasteiger partial charge in [0.2, 0.25) is 0 Å². The Labute approximate surface area is 96.1 Å². The maximum atomic E-state index is 11.5. The van der Waals surface area contributed by atoms with Crippen LogP contribution in [0, 0.1) is 6.92 Å². The largest absolute Gasteiger partial charge is 0.323 e. The van der Waals surface area contributed by atoms with Crippen molar-refractivity contribution in [2.24, 2.45) is 0 Å². The van der Waals surface area contributed by atoms with E-state index in [1.807, 2.05) is 6.92 Å². The van der Waals surface area contributed by atoms with Crippen LogP contribution in [0.15, 0.2) is 40.2 Å². The van der Waals surface area contributed by atoms with E-state index in [0.29, 0.717) is 10.7 Å². The lowest BCUT2D eigenvalue weighted by Gasteiger charge is -2.05. The fourth-order valence-electron chi connectivity index (χ4n) is 1.36. The van der Waals surface area contributed by atoms with E-state index < -0.39 is 11.1 Å². The third kappa shape index (κ3) is 1.79. The van der Waals surface area contributed by atoms with Gasteiger partial charge in [-0.15, -0.1) is 0 Å². The predicted molar refractivity (Wildman–Crippen MR) is 62.4 cm³/mol. The highest BCUT2D eigenvalue weighted by Crippen LogP contribution is 2.17. The zero-order valence-corrected chi connectivity index (χ0v) is 9.28. The molecule has 5 heteroatoms. The number of H-pyrrole nitrogens is 1. The van der Waals surface area contributed by atoms with Crippen molar-refractivity contribution >= 4 is 11.6 Å². The molecule has 0 aliphatic carbocycles. The van der Waals surface area contributed by atoms with Gasteiger partial charge in [0.1, 0.15) is 0 Å². The minimum atomic E-state index is -0.654. The molecule has 0 bridgehead atoms. The van der Waals surface area contributed by atoms with E-state index in [9.17, 15) is 9.59 Å². The lowest BCUT2D eigenvalue weighted by atomic mass is 10.2. The molecule has 0 saturated heterocycles. The summed E-state index contributed by atoms with van der Waals surface area (Å²) in [5.74, 6) is 0. The maximum Gasteiger partial charge on any atom is 0.320 e. The number of nitrogens with zero attached hydrogens (tertiary/aromatic N) is 1. The minimum Gasteiger partial charge on any atom is -0.323 e. The number of rotatable bonds is 1. The zero-order valence-electron chi connectivity index (χ0n) is 8.53. The summed E-state index contributed by atoms with van der Waals surface area (Å²) in [5.41, 5.74) is 0.219. The van der Waals surface area contributed by atoms with Gasteiger partial charge in [0.25, 0.3) is 0 Å². The molecule has 1 aromatic carbocycles. The number of nitrogens with one attached hydrogen (secondary N) is 1. The minimum absolute atomic E-state index is 0.560. The van der Waals surface area contributed by atoms with Crippen LogP contribution in [-0.4, -0.2) is 9.55 Å². The Morgan fingerprint density at radius 3 is 2.75 bits per heavy atom. The average Bonchev–Trinajstić information content (AvgIpc) is 2.26. The lowest BCUT2D eigenvalue weighted by molar-refractivity contribution is 0.927. The van der Waals surface area contributed by atoms with Crippen molar-refractivity contribution in [1.29, 1.82) is 0 Å². The highest BCUT2D eigenvalue weighted by atomic mass is 35.5. The van der Waals surface area contributed by atoms with Gasteiger partial charge in [0, 0.05) is 17.4 Å². The molecular weight excluding hydrogens is 228 g/mol. The van der Waals surface area contributed by atoms with E-state index >= 15 is 0 Å². The van der Waals surface area contributed by atoms with Gasteiger partial charge in [-0.05, 0) is 24.6 Å². The summed E-state index contributed by atoms with van der Waals surface area (Å²) in [7, 11) is 0. The molecule has 0 aliphatic heterocycles. The second-order valence-corrected chi connectivity index (χ2v) is 3.81. The van der Waals surface area contributed by atoms with Gasteiger partial charge in [0.05, 0.1) is 5.69 Å². The summed E-state index contributed by atoms with van der Waals surface area (Å²) in [5, 5.41) is 0.560. The van der Waals surface area contributed by atoms with Crippen molar-refractivity contribution in [1.82, 2.24) is 9.55 Å². The highest BCUT2D eigenvalue weighted by molar-refractivity contribution is 6.31. The molecule has 0 fully saturated rings. The zero-order chi connectivity index (χ0) is 11.7. The van der Waals surface area contributed by atoms with Crippen LogP contribution in [0.25, 0.3) is 5.69 Å². The van der Waals surface area contributed by atoms with Crippen molar-refractivity contribution < 1.29 is 0 Å². The van der Waals surface area contributed by atoms with Gasteiger partial charge in [-0.1, -0.05) is 17.7 Å². The smallest absolute Gasteiger partial charge is 0.320 e. The first-order valence-electron chi connectivity index (χ1n) is 4.66. The number of aromatic nitrogens is 2. The van der Waals surface area contributed by atoms with Crippen molar-refractivity contribution in [2.45, 2.75) is 6.92 Å². The molecule has 0 aliphatic rings. The van der Waals surface area contributed by atoms with Gasteiger partial charge >= 0.3 is 11.1 Å². The standard InChI is InChI=1S/C11H9ClN2O2/c1-7-2-3-8(6-9(7)12)14-5-4-13-10(15)11(14)16/h2-6H,1H3,(H,13,15). The van der Waals surface area contributed by atoms with E-state index in [0.717, 1.165) is 5.56 Å². The summed E-state index contributed by atoms with van der Waals surface area (Å²) >= 11 is 5.95. The fraction of sp³-hybridized carbons (Fsp3) is 0.0909. The van der Waals surface area contributed by atoms with Crippen LogP contribution < -0.4 is 11.1 Å². The van der Waals surface area contributed by atoms with Crippen LogP contribution in [0.5, 0.6) is 0 Å². The number of aryl methyl sites for hydroxylation is 1. The number of hydrogen-bond acceptors (Lipinski definition) is 2. The molecule has 0 amide bonds.